The molecule has 1 saturated heterocycles. The van der Waals surface area contributed by atoms with Crippen LogP contribution in [0.5, 0.6) is 0 Å². The third kappa shape index (κ3) is 4.12. The van der Waals surface area contributed by atoms with Crippen molar-refractivity contribution in [2.75, 3.05) is 36.4 Å². The highest BCUT2D eigenvalue weighted by molar-refractivity contribution is 7.13. The summed E-state index contributed by atoms with van der Waals surface area (Å²) >= 11 is 1.65. The Kier molecular flexibility index (Phi) is 4.85. The van der Waals surface area contributed by atoms with Crippen LogP contribution in [-0.2, 0) is 6.54 Å². The number of hydrogen-bond acceptors (Lipinski definition) is 7. The number of benzene rings is 1. The van der Waals surface area contributed by atoms with Crippen LogP contribution >= 0.6 is 11.3 Å². The van der Waals surface area contributed by atoms with E-state index in [2.05, 4.69) is 30.5 Å². The fraction of sp³-hybridized carbons (Fsp3) is 0.278. The lowest BCUT2D eigenvalue weighted by molar-refractivity contribution is 0.246. The number of nitrogens with one attached hydrogen (secondary N) is 1. The molecule has 1 aromatic carbocycles. The minimum atomic E-state index is 0.824. The molecule has 6 nitrogen and oxygen atoms in total. The molecule has 2 aromatic heterocycles. The lowest BCUT2D eigenvalue weighted by atomic mass is 10.3. The van der Waals surface area contributed by atoms with Crippen LogP contribution in [0.1, 0.15) is 5.69 Å². The van der Waals surface area contributed by atoms with E-state index in [0.29, 0.717) is 0 Å². The van der Waals surface area contributed by atoms with Gasteiger partial charge >= 0.3 is 0 Å². The van der Waals surface area contributed by atoms with E-state index in [0.717, 1.165) is 55.2 Å². The SMILES string of the molecule is c1ccc(Nc2nc(CN3CCN(c4ncccn4)CC3)cs2)cc1. The topological polar surface area (TPSA) is 57.2 Å². The number of thiazole rings is 1. The number of para-hydroxylation sites is 1. The molecule has 0 unspecified atom stereocenters. The third-order valence-electron chi connectivity index (χ3n) is 4.17. The highest BCUT2D eigenvalue weighted by Gasteiger charge is 2.19. The molecule has 25 heavy (non-hydrogen) atoms. The number of nitrogens with zero attached hydrogens (tertiary/aromatic N) is 5. The molecule has 3 aromatic rings. The minimum Gasteiger partial charge on any atom is -0.338 e. The summed E-state index contributed by atoms with van der Waals surface area (Å²) in [4.78, 5) is 18.0. The number of piperazine rings is 1. The summed E-state index contributed by atoms with van der Waals surface area (Å²) in [5.41, 5.74) is 2.19. The van der Waals surface area contributed by atoms with E-state index in [1.807, 2.05) is 36.4 Å². The van der Waals surface area contributed by atoms with Gasteiger partial charge in [-0.15, -0.1) is 11.3 Å². The van der Waals surface area contributed by atoms with Crippen LogP contribution in [0.15, 0.2) is 54.2 Å². The van der Waals surface area contributed by atoms with E-state index < -0.39 is 0 Å². The van der Waals surface area contributed by atoms with Gasteiger partial charge in [0.1, 0.15) is 0 Å². The molecule has 1 fully saturated rings. The monoisotopic (exact) mass is 352 g/mol. The highest BCUT2D eigenvalue weighted by atomic mass is 32.1. The summed E-state index contributed by atoms with van der Waals surface area (Å²) in [5, 5.41) is 6.43. The molecule has 0 aliphatic carbocycles. The Labute approximate surface area is 151 Å². The van der Waals surface area contributed by atoms with Gasteiger partial charge in [-0.05, 0) is 18.2 Å². The smallest absolute Gasteiger partial charge is 0.225 e. The molecule has 128 valence electrons. The Morgan fingerprint density at radius 2 is 1.72 bits per heavy atom. The van der Waals surface area contributed by atoms with Crippen LogP contribution in [0.2, 0.25) is 0 Å². The molecule has 1 aliphatic rings. The third-order valence-corrected chi connectivity index (χ3v) is 4.98. The summed E-state index contributed by atoms with van der Waals surface area (Å²) in [6, 6.07) is 12.0. The van der Waals surface area contributed by atoms with Crippen LogP contribution in [0.4, 0.5) is 16.8 Å². The van der Waals surface area contributed by atoms with E-state index in [4.69, 9.17) is 4.98 Å². The van der Waals surface area contributed by atoms with Gasteiger partial charge in [0.05, 0.1) is 5.69 Å². The number of aromatic nitrogens is 3. The Morgan fingerprint density at radius 1 is 0.960 bits per heavy atom. The largest absolute Gasteiger partial charge is 0.338 e. The first-order valence-corrected chi connectivity index (χ1v) is 9.25. The Bertz CT molecular complexity index is 784. The Morgan fingerprint density at radius 3 is 2.48 bits per heavy atom. The zero-order chi connectivity index (χ0) is 16.9. The van der Waals surface area contributed by atoms with Crippen molar-refractivity contribution in [3.05, 3.63) is 59.9 Å². The summed E-state index contributed by atoms with van der Waals surface area (Å²) in [5.74, 6) is 0.824. The second kappa shape index (κ2) is 7.58. The maximum Gasteiger partial charge on any atom is 0.225 e. The van der Waals surface area contributed by atoms with E-state index in [9.17, 15) is 0 Å². The predicted molar refractivity (Wildman–Crippen MR) is 101 cm³/mol. The van der Waals surface area contributed by atoms with Gasteiger partial charge in [-0.1, -0.05) is 18.2 Å². The summed E-state index contributed by atoms with van der Waals surface area (Å²) in [6.07, 6.45) is 3.59. The fourth-order valence-electron chi connectivity index (χ4n) is 2.87. The molecular weight excluding hydrogens is 332 g/mol. The molecule has 7 heteroatoms. The average Bonchev–Trinajstić information content (AvgIpc) is 3.11. The lowest BCUT2D eigenvalue weighted by Crippen LogP contribution is -2.46. The van der Waals surface area contributed by atoms with Crippen molar-refractivity contribution in [1.29, 1.82) is 0 Å². The van der Waals surface area contributed by atoms with Crippen molar-refractivity contribution in [2.45, 2.75) is 6.54 Å². The van der Waals surface area contributed by atoms with Crippen LogP contribution in [0.25, 0.3) is 0 Å². The normalized spacial score (nSPS) is 15.3. The Hall–Kier alpha value is -2.51. The molecule has 4 rings (SSSR count). The maximum absolute atomic E-state index is 4.70. The van der Waals surface area contributed by atoms with Gasteiger partial charge in [0, 0.05) is 56.2 Å². The van der Waals surface area contributed by atoms with Crippen molar-refractivity contribution in [1.82, 2.24) is 19.9 Å². The molecule has 1 N–H and O–H groups in total. The van der Waals surface area contributed by atoms with Crippen LogP contribution in [-0.4, -0.2) is 46.0 Å². The second-order valence-electron chi connectivity index (χ2n) is 5.95. The van der Waals surface area contributed by atoms with Gasteiger partial charge in [-0.2, -0.15) is 0 Å². The van der Waals surface area contributed by atoms with Gasteiger partial charge in [0.2, 0.25) is 5.95 Å². The van der Waals surface area contributed by atoms with Crippen molar-refractivity contribution < 1.29 is 0 Å². The van der Waals surface area contributed by atoms with E-state index in [1.165, 1.54) is 0 Å². The molecule has 0 amide bonds. The molecule has 0 bridgehead atoms. The molecule has 0 spiro atoms. The van der Waals surface area contributed by atoms with E-state index in [1.54, 1.807) is 23.7 Å². The maximum atomic E-state index is 4.70. The van der Waals surface area contributed by atoms with Gasteiger partial charge in [0.25, 0.3) is 0 Å². The second-order valence-corrected chi connectivity index (χ2v) is 6.81. The molecule has 0 radical (unpaired) electrons. The first kappa shape index (κ1) is 16.0. The number of hydrogen-bond donors (Lipinski definition) is 1. The lowest BCUT2D eigenvalue weighted by Gasteiger charge is -2.34. The minimum absolute atomic E-state index is 0.824. The van der Waals surface area contributed by atoms with Gasteiger partial charge in [0.15, 0.2) is 5.13 Å². The number of rotatable bonds is 5. The molecule has 0 atom stereocenters. The molecular formula is C18H20N6S. The van der Waals surface area contributed by atoms with Gasteiger partial charge in [-0.25, -0.2) is 15.0 Å². The standard InChI is InChI=1S/C18H20N6S/c1-2-5-15(6-3-1)21-18-22-16(14-25-18)13-23-9-11-24(12-10-23)17-19-7-4-8-20-17/h1-8,14H,9-13H2,(H,21,22). The van der Waals surface area contributed by atoms with Crippen molar-refractivity contribution in [2.24, 2.45) is 0 Å². The first-order chi connectivity index (χ1) is 12.4. The molecule has 1 aliphatic heterocycles. The van der Waals surface area contributed by atoms with Crippen LogP contribution in [0, 0.1) is 0 Å². The van der Waals surface area contributed by atoms with Crippen molar-refractivity contribution in [3.8, 4) is 0 Å². The fourth-order valence-corrected chi connectivity index (χ4v) is 3.59. The quantitative estimate of drug-likeness (QED) is 0.762. The van der Waals surface area contributed by atoms with E-state index >= 15 is 0 Å². The molecule has 0 saturated carbocycles. The first-order valence-electron chi connectivity index (χ1n) is 8.37. The highest BCUT2D eigenvalue weighted by Crippen LogP contribution is 2.22. The molecule has 3 heterocycles. The van der Waals surface area contributed by atoms with Crippen molar-refractivity contribution in [3.63, 3.8) is 0 Å². The summed E-state index contributed by atoms with van der Waals surface area (Å²) < 4.78 is 0. The Balaban J connectivity index is 1.30. The van der Waals surface area contributed by atoms with Crippen LogP contribution < -0.4 is 10.2 Å². The predicted octanol–water partition coefficient (Wildman–Crippen LogP) is 3.00. The average molecular weight is 352 g/mol. The van der Waals surface area contributed by atoms with Gasteiger partial charge in [-0.3, -0.25) is 4.90 Å². The van der Waals surface area contributed by atoms with Crippen molar-refractivity contribution >= 4 is 28.1 Å². The zero-order valence-corrected chi connectivity index (χ0v) is 14.7. The summed E-state index contributed by atoms with van der Waals surface area (Å²) in [7, 11) is 0. The number of anilines is 3. The van der Waals surface area contributed by atoms with E-state index in [-0.39, 0.29) is 0 Å². The van der Waals surface area contributed by atoms with Crippen LogP contribution in [0.3, 0.4) is 0 Å². The van der Waals surface area contributed by atoms with Gasteiger partial charge < -0.3 is 10.2 Å². The zero-order valence-electron chi connectivity index (χ0n) is 13.9. The summed E-state index contributed by atoms with van der Waals surface area (Å²) in [6.45, 7) is 4.78.